The van der Waals surface area contributed by atoms with E-state index in [1.54, 1.807) is 14.0 Å². The maximum atomic E-state index is 13.2. The van der Waals surface area contributed by atoms with Crippen molar-refractivity contribution in [2.24, 2.45) is 0 Å². The highest BCUT2D eigenvalue weighted by Crippen LogP contribution is 2.24. The van der Waals surface area contributed by atoms with Gasteiger partial charge in [-0.25, -0.2) is 12.8 Å². The predicted molar refractivity (Wildman–Crippen MR) is 105 cm³/mol. The zero-order valence-corrected chi connectivity index (χ0v) is 16.8. The number of amides is 1. The van der Waals surface area contributed by atoms with Crippen molar-refractivity contribution in [3.63, 3.8) is 0 Å². The first-order valence-corrected chi connectivity index (χ1v) is 10.5. The van der Waals surface area contributed by atoms with Crippen LogP contribution in [0.3, 0.4) is 0 Å². The number of carbonyl (C=O) groups is 1. The highest BCUT2D eigenvalue weighted by atomic mass is 32.2. The Labute approximate surface area is 160 Å². The average Bonchev–Trinajstić information content (AvgIpc) is 2.61. The van der Waals surface area contributed by atoms with Crippen molar-refractivity contribution in [3.05, 3.63) is 65.5 Å². The van der Waals surface area contributed by atoms with E-state index in [2.05, 4.69) is 0 Å². The third kappa shape index (κ3) is 5.29. The largest absolute Gasteiger partial charge is 0.340 e. The van der Waals surface area contributed by atoms with Crippen molar-refractivity contribution in [3.8, 4) is 0 Å². The summed E-state index contributed by atoms with van der Waals surface area (Å²) < 4.78 is 39.1. The summed E-state index contributed by atoms with van der Waals surface area (Å²) >= 11 is 0. The molecule has 146 valence electrons. The Hall–Kier alpha value is -2.41. The Morgan fingerprint density at radius 1 is 1.07 bits per heavy atom. The second-order valence-corrected chi connectivity index (χ2v) is 8.50. The molecule has 1 atom stereocenters. The molecule has 0 aromatic heterocycles. The fourth-order valence-corrected chi connectivity index (χ4v) is 4.14. The molecule has 0 aliphatic carbocycles. The van der Waals surface area contributed by atoms with E-state index < -0.39 is 21.9 Å². The maximum absolute atomic E-state index is 13.2. The molecule has 0 spiro atoms. The number of carbonyl (C=O) groups excluding carboxylic acids is 1. The van der Waals surface area contributed by atoms with E-state index in [1.165, 1.54) is 29.2 Å². The molecule has 0 heterocycles. The normalized spacial score (nSPS) is 12.5. The fraction of sp³-hybridized carbons (Fsp3) is 0.350. The van der Waals surface area contributed by atoms with Gasteiger partial charge in [-0.3, -0.25) is 9.10 Å². The summed E-state index contributed by atoms with van der Waals surface area (Å²) in [5, 5.41) is 0. The second kappa shape index (κ2) is 8.52. The Morgan fingerprint density at radius 3 is 2.11 bits per heavy atom. The number of sulfonamides is 1. The minimum atomic E-state index is -3.74. The van der Waals surface area contributed by atoms with Crippen molar-refractivity contribution in [1.29, 1.82) is 0 Å². The standard InChI is InChI=1S/C20H25FN2O3S/c1-5-19(20(24)22(3)14-16-8-6-15(2)7-9-16)23(27(4,25)26)18-12-10-17(21)11-13-18/h6-13,19H,5,14H2,1-4H3/t19-/m0/s1. The molecular formula is C20H25FN2O3S. The smallest absolute Gasteiger partial charge is 0.246 e. The van der Waals surface area contributed by atoms with E-state index in [0.29, 0.717) is 13.0 Å². The lowest BCUT2D eigenvalue weighted by Gasteiger charge is -2.32. The number of aryl methyl sites for hydroxylation is 1. The summed E-state index contributed by atoms with van der Waals surface area (Å²) in [4.78, 5) is 14.5. The summed E-state index contributed by atoms with van der Waals surface area (Å²) in [6, 6.07) is 12.0. The monoisotopic (exact) mass is 392 g/mol. The number of rotatable bonds is 7. The fourth-order valence-electron chi connectivity index (χ4n) is 2.93. The summed E-state index contributed by atoms with van der Waals surface area (Å²) in [7, 11) is -2.09. The first-order valence-electron chi connectivity index (χ1n) is 8.69. The van der Waals surface area contributed by atoms with Gasteiger partial charge in [-0.15, -0.1) is 0 Å². The van der Waals surface area contributed by atoms with Gasteiger partial charge in [-0.05, 0) is 43.2 Å². The number of hydrogen-bond donors (Lipinski definition) is 0. The van der Waals surface area contributed by atoms with E-state index >= 15 is 0 Å². The molecule has 0 unspecified atom stereocenters. The van der Waals surface area contributed by atoms with E-state index in [4.69, 9.17) is 0 Å². The number of nitrogens with zero attached hydrogens (tertiary/aromatic N) is 2. The Bertz CT molecular complexity index is 880. The molecule has 7 heteroatoms. The molecule has 2 aromatic rings. The van der Waals surface area contributed by atoms with Crippen LogP contribution in [0, 0.1) is 12.7 Å². The predicted octanol–water partition coefficient (Wildman–Crippen LogP) is 3.34. The maximum Gasteiger partial charge on any atom is 0.246 e. The van der Waals surface area contributed by atoms with Gasteiger partial charge in [0.1, 0.15) is 11.9 Å². The van der Waals surface area contributed by atoms with E-state index in [0.717, 1.165) is 21.7 Å². The van der Waals surface area contributed by atoms with Gasteiger partial charge in [-0.1, -0.05) is 36.8 Å². The van der Waals surface area contributed by atoms with Crippen LogP contribution < -0.4 is 4.31 Å². The van der Waals surface area contributed by atoms with Crippen molar-refractivity contribution >= 4 is 21.6 Å². The highest BCUT2D eigenvalue weighted by molar-refractivity contribution is 7.92. The molecule has 0 fully saturated rings. The van der Waals surface area contributed by atoms with Crippen LogP contribution >= 0.6 is 0 Å². The lowest BCUT2D eigenvalue weighted by Crippen LogP contribution is -2.49. The van der Waals surface area contributed by atoms with Crippen LogP contribution in [-0.4, -0.2) is 38.6 Å². The molecule has 0 radical (unpaired) electrons. The van der Waals surface area contributed by atoms with Crippen LogP contribution in [0.25, 0.3) is 0 Å². The number of anilines is 1. The van der Waals surface area contributed by atoms with E-state index in [1.807, 2.05) is 31.2 Å². The Balaban J connectivity index is 2.30. The SMILES string of the molecule is CC[C@@H](C(=O)N(C)Cc1ccc(C)cc1)N(c1ccc(F)cc1)S(C)(=O)=O. The molecule has 0 saturated heterocycles. The molecule has 5 nitrogen and oxygen atoms in total. The number of halogens is 1. The first kappa shape index (κ1) is 20.9. The van der Waals surface area contributed by atoms with Gasteiger partial charge >= 0.3 is 0 Å². The average molecular weight is 392 g/mol. The molecule has 2 rings (SSSR count). The van der Waals surface area contributed by atoms with Crippen LogP contribution in [0.5, 0.6) is 0 Å². The zero-order chi connectivity index (χ0) is 20.2. The molecule has 2 aromatic carbocycles. The second-order valence-electron chi connectivity index (χ2n) is 6.64. The summed E-state index contributed by atoms with van der Waals surface area (Å²) in [6.07, 6.45) is 1.34. The zero-order valence-electron chi connectivity index (χ0n) is 16.0. The molecule has 0 aliphatic rings. The van der Waals surface area contributed by atoms with Gasteiger partial charge in [0.2, 0.25) is 15.9 Å². The number of likely N-dealkylation sites (N-methyl/N-ethyl adjacent to an activating group) is 1. The third-order valence-corrected chi connectivity index (χ3v) is 5.49. The molecule has 0 bridgehead atoms. The van der Waals surface area contributed by atoms with Crippen LogP contribution in [-0.2, 0) is 21.4 Å². The van der Waals surface area contributed by atoms with Crippen molar-refractivity contribution in [2.75, 3.05) is 17.6 Å². The molecule has 0 N–H and O–H groups in total. The van der Waals surface area contributed by atoms with E-state index in [9.17, 15) is 17.6 Å². The molecule has 0 aliphatic heterocycles. The van der Waals surface area contributed by atoms with Crippen molar-refractivity contribution in [2.45, 2.75) is 32.9 Å². The minimum absolute atomic E-state index is 0.267. The van der Waals surface area contributed by atoms with Gasteiger partial charge in [0.25, 0.3) is 0 Å². The first-order chi connectivity index (χ1) is 12.6. The lowest BCUT2D eigenvalue weighted by atomic mass is 10.1. The van der Waals surface area contributed by atoms with Crippen LogP contribution in [0.4, 0.5) is 10.1 Å². The van der Waals surface area contributed by atoms with Gasteiger partial charge in [0.15, 0.2) is 0 Å². The molecule has 1 amide bonds. The molecule has 0 saturated carbocycles. The van der Waals surface area contributed by atoms with Crippen molar-refractivity contribution < 1.29 is 17.6 Å². The highest BCUT2D eigenvalue weighted by Gasteiger charge is 2.33. The van der Waals surface area contributed by atoms with Gasteiger partial charge in [0.05, 0.1) is 11.9 Å². The number of hydrogen-bond acceptors (Lipinski definition) is 3. The Kier molecular flexibility index (Phi) is 6.59. The minimum Gasteiger partial charge on any atom is -0.340 e. The van der Waals surface area contributed by atoms with Gasteiger partial charge in [0, 0.05) is 13.6 Å². The van der Waals surface area contributed by atoms with Crippen LogP contribution in [0.1, 0.15) is 24.5 Å². The van der Waals surface area contributed by atoms with Crippen molar-refractivity contribution in [1.82, 2.24) is 4.90 Å². The molecule has 27 heavy (non-hydrogen) atoms. The van der Waals surface area contributed by atoms with Crippen LogP contribution in [0.2, 0.25) is 0 Å². The molecular weight excluding hydrogens is 367 g/mol. The van der Waals surface area contributed by atoms with E-state index in [-0.39, 0.29) is 11.6 Å². The summed E-state index contributed by atoms with van der Waals surface area (Å²) in [6.45, 7) is 4.11. The summed E-state index contributed by atoms with van der Waals surface area (Å²) in [5.74, 6) is -0.782. The van der Waals surface area contributed by atoms with Gasteiger partial charge in [-0.2, -0.15) is 0 Å². The van der Waals surface area contributed by atoms with Crippen LogP contribution in [0.15, 0.2) is 48.5 Å². The summed E-state index contributed by atoms with van der Waals surface area (Å²) in [5.41, 5.74) is 2.35. The quantitative estimate of drug-likeness (QED) is 0.726. The van der Waals surface area contributed by atoms with Gasteiger partial charge < -0.3 is 4.90 Å². The lowest BCUT2D eigenvalue weighted by molar-refractivity contribution is -0.131. The number of benzene rings is 2. The topological polar surface area (TPSA) is 57.7 Å². The third-order valence-electron chi connectivity index (χ3n) is 4.31. The Morgan fingerprint density at radius 2 is 1.63 bits per heavy atom.